The molecule has 0 aromatic carbocycles. The Hall–Kier alpha value is -1.00. The fourth-order valence-electron chi connectivity index (χ4n) is 2.92. The Labute approximate surface area is 97.8 Å². The van der Waals surface area contributed by atoms with E-state index in [4.69, 9.17) is 0 Å². The summed E-state index contributed by atoms with van der Waals surface area (Å²) in [6.45, 7) is 4.95. The summed E-state index contributed by atoms with van der Waals surface area (Å²) in [7, 11) is 0. The lowest BCUT2D eigenvalue weighted by Crippen LogP contribution is -2.21. The Bertz CT molecular complexity index is 476. The zero-order valence-electron chi connectivity index (χ0n) is 10.0. The Morgan fingerprint density at radius 1 is 1.35 bits per heavy atom. The molecule has 1 saturated carbocycles. The smallest absolute Gasteiger partial charge is 0.260 e. The predicted molar refractivity (Wildman–Crippen MR) is 56.9 cm³/mol. The number of halogens is 3. The Morgan fingerprint density at radius 2 is 2.00 bits per heavy atom. The average molecular weight is 244 g/mol. The van der Waals surface area contributed by atoms with Crippen LogP contribution in [0.5, 0.6) is 0 Å². The molecule has 3 unspecified atom stereocenters. The van der Waals surface area contributed by atoms with Gasteiger partial charge in [-0.15, -0.1) is 0 Å². The van der Waals surface area contributed by atoms with Crippen LogP contribution in [0.3, 0.4) is 0 Å². The fourth-order valence-corrected chi connectivity index (χ4v) is 2.92. The summed E-state index contributed by atoms with van der Waals surface area (Å²) in [6, 6.07) is -0.167. The molecule has 3 rings (SSSR count). The van der Waals surface area contributed by atoms with Gasteiger partial charge in [0.1, 0.15) is 17.6 Å². The SMILES string of the molecule is CC(F)c1nn(C(C)C)c2c1C1CC1C2(F)F. The van der Waals surface area contributed by atoms with Gasteiger partial charge in [-0.25, -0.2) is 4.39 Å². The van der Waals surface area contributed by atoms with E-state index in [9.17, 15) is 13.2 Å². The predicted octanol–water partition coefficient (Wildman–Crippen LogP) is 3.70. The molecule has 0 radical (unpaired) electrons. The van der Waals surface area contributed by atoms with Gasteiger partial charge in [0.05, 0.1) is 0 Å². The van der Waals surface area contributed by atoms with Crippen LogP contribution in [-0.4, -0.2) is 9.78 Å². The number of hydrogen-bond acceptors (Lipinski definition) is 1. The zero-order chi connectivity index (χ0) is 12.5. The molecule has 0 saturated heterocycles. The van der Waals surface area contributed by atoms with Crippen molar-refractivity contribution in [1.82, 2.24) is 9.78 Å². The number of hydrogen-bond donors (Lipinski definition) is 0. The molecule has 1 fully saturated rings. The molecule has 0 amide bonds. The molecule has 2 aliphatic carbocycles. The highest BCUT2D eigenvalue weighted by molar-refractivity contribution is 5.46. The molecule has 5 heteroatoms. The van der Waals surface area contributed by atoms with Gasteiger partial charge < -0.3 is 0 Å². The van der Waals surface area contributed by atoms with Crippen LogP contribution >= 0.6 is 0 Å². The van der Waals surface area contributed by atoms with E-state index in [2.05, 4.69) is 5.10 Å². The summed E-state index contributed by atoms with van der Waals surface area (Å²) < 4.78 is 43.0. The molecule has 0 spiro atoms. The summed E-state index contributed by atoms with van der Waals surface area (Å²) in [4.78, 5) is 0. The second-order valence-corrected chi connectivity index (χ2v) is 5.37. The third kappa shape index (κ3) is 1.25. The molecular weight excluding hydrogens is 229 g/mol. The largest absolute Gasteiger partial charge is 0.293 e. The number of rotatable bonds is 2. The van der Waals surface area contributed by atoms with Gasteiger partial charge in [0.2, 0.25) is 0 Å². The minimum absolute atomic E-state index is 0.0340. The highest BCUT2D eigenvalue weighted by atomic mass is 19.3. The van der Waals surface area contributed by atoms with Gasteiger partial charge in [-0.2, -0.15) is 13.9 Å². The van der Waals surface area contributed by atoms with Crippen molar-refractivity contribution in [3.63, 3.8) is 0 Å². The van der Waals surface area contributed by atoms with Gasteiger partial charge >= 0.3 is 0 Å². The third-order valence-electron chi connectivity index (χ3n) is 3.78. The van der Waals surface area contributed by atoms with E-state index in [1.54, 1.807) is 13.8 Å². The topological polar surface area (TPSA) is 17.8 Å². The molecule has 0 N–H and O–H groups in total. The van der Waals surface area contributed by atoms with E-state index in [1.165, 1.54) is 11.6 Å². The summed E-state index contributed by atoms with van der Waals surface area (Å²) in [5.41, 5.74) is 0.676. The van der Waals surface area contributed by atoms with Crippen LogP contribution in [0.15, 0.2) is 0 Å². The molecule has 94 valence electrons. The minimum Gasteiger partial charge on any atom is -0.260 e. The van der Waals surface area contributed by atoms with Crippen molar-refractivity contribution in [2.24, 2.45) is 5.92 Å². The fraction of sp³-hybridized carbons (Fsp3) is 0.750. The number of fused-ring (bicyclic) bond motifs is 3. The highest BCUT2D eigenvalue weighted by Crippen LogP contribution is 2.68. The first kappa shape index (κ1) is 11.1. The van der Waals surface area contributed by atoms with Crippen LogP contribution in [0.25, 0.3) is 0 Å². The lowest BCUT2D eigenvalue weighted by atomic mass is 10.1. The summed E-state index contributed by atoms with van der Waals surface area (Å²) in [5.74, 6) is -3.61. The summed E-state index contributed by atoms with van der Waals surface area (Å²) in [6.07, 6.45) is -0.803. The van der Waals surface area contributed by atoms with Gasteiger partial charge in [0.25, 0.3) is 5.92 Å². The molecule has 0 bridgehead atoms. The number of aromatic nitrogens is 2. The van der Waals surface area contributed by atoms with E-state index < -0.39 is 18.0 Å². The van der Waals surface area contributed by atoms with E-state index >= 15 is 0 Å². The zero-order valence-corrected chi connectivity index (χ0v) is 10.0. The van der Waals surface area contributed by atoms with E-state index in [1.807, 2.05) is 0 Å². The maximum Gasteiger partial charge on any atom is 0.293 e. The lowest BCUT2D eigenvalue weighted by molar-refractivity contribution is -0.0318. The van der Waals surface area contributed by atoms with E-state index in [-0.39, 0.29) is 23.3 Å². The van der Waals surface area contributed by atoms with Crippen molar-refractivity contribution in [3.05, 3.63) is 17.0 Å². The van der Waals surface area contributed by atoms with Gasteiger partial charge in [-0.1, -0.05) is 0 Å². The summed E-state index contributed by atoms with van der Waals surface area (Å²) >= 11 is 0. The highest BCUT2D eigenvalue weighted by Gasteiger charge is 2.67. The van der Waals surface area contributed by atoms with Crippen LogP contribution in [0, 0.1) is 5.92 Å². The van der Waals surface area contributed by atoms with Gasteiger partial charge in [-0.3, -0.25) is 4.68 Å². The van der Waals surface area contributed by atoms with E-state index in [0.29, 0.717) is 12.0 Å². The Balaban J connectivity index is 2.23. The average Bonchev–Trinajstić information content (AvgIpc) is 2.83. The van der Waals surface area contributed by atoms with Crippen molar-refractivity contribution in [1.29, 1.82) is 0 Å². The molecule has 17 heavy (non-hydrogen) atoms. The number of alkyl halides is 3. The van der Waals surface area contributed by atoms with Crippen LogP contribution < -0.4 is 0 Å². The van der Waals surface area contributed by atoms with Crippen molar-refractivity contribution < 1.29 is 13.2 Å². The van der Waals surface area contributed by atoms with Crippen molar-refractivity contribution in [2.45, 2.75) is 51.2 Å². The molecular formula is C12H15F3N2. The Kier molecular flexibility index (Phi) is 2.00. The first-order valence-electron chi connectivity index (χ1n) is 6.00. The van der Waals surface area contributed by atoms with Crippen molar-refractivity contribution in [3.8, 4) is 0 Å². The van der Waals surface area contributed by atoms with Crippen LogP contribution in [-0.2, 0) is 5.92 Å². The van der Waals surface area contributed by atoms with Gasteiger partial charge in [-0.05, 0) is 33.1 Å². The number of nitrogens with zero attached hydrogens (tertiary/aromatic N) is 2. The second kappa shape index (κ2) is 3.06. The maximum atomic E-state index is 14.1. The molecule has 1 aromatic rings. The van der Waals surface area contributed by atoms with Crippen molar-refractivity contribution >= 4 is 0 Å². The normalized spacial score (nSPS) is 30.3. The molecule has 1 aromatic heterocycles. The maximum absolute atomic E-state index is 14.1. The minimum atomic E-state index is -2.83. The molecule has 1 heterocycles. The summed E-state index contributed by atoms with van der Waals surface area (Å²) in [5, 5.41) is 4.07. The molecule has 2 nitrogen and oxygen atoms in total. The van der Waals surface area contributed by atoms with E-state index in [0.717, 1.165) is 0 Å². The lowest BCUT2D eigenvalue weighted by Gasteiger charge is -2.17. The van der Waals surface area contributed by atoms with Crippen LogP contribution in [0.2, 0.25) is 0 Å². The van der Waals surface area contributed by atoms with Gasteiger partial charge in [0.15, 0.2) is 0 Å². The Morgan fingerprint density at radius 3 is 2.53 bits per heavy atom. The quantitative estimate of drug-likeness (QED) is 0.775. The first-order chi connectivity index (χ1) is 7.85. The van der Waals surface area contributed by atoms with Crippen LogP contribution in [0.4, 0.5) is 13.2 Å². The molecule has 3 atom stereocenters. The monoisotopic (exact) mass is 244 g/mol. The standard InChI is InChI=1S/C12H15F3N2/c1-5(2)17-11-9(10(16-17)6(3)13)7-4-8(7)12(11,14)15/h5-8H,4H2,1-3H3. The molecule has 2 aliphatic rings. The van der Waals surface area contributed by atoms with Gasteiger partial charge in [0, 0.05) is 17.5 Å². The first-order valence-corrected chi connectivity index (χ1v) is 6.00. The van der Waals surface area contributed by atoms with Crippen LogP contribution in [0.1, 0.15) is 62.3 Å². The third-order valence-corrected chi connectivity index (χ3v) is 3.78. The van der Waals surface area contributed by atoms with Crippen molar-refractivity contribution in [2.75, 3.05) is 0 Å². The molecule has 0 aliphatic heterocycles. The second-order valence-electron chi connectivity index (χ2n) is 5.37.